The summed E-state index contributed by atoms with van der Waals surface area (Å²) in [7, 11) is 1.56. The van der Waals surface area contributed by atoms with Crippen LogP contribution in [0.4, 0.5) is 0 Å². The summed E-state index contributed by atoms with van der Waals surface area (Å²) in [5.74, 6) is 5.87. The van der Waals surface area contributed by atoms with Gasteiger partial charge >= 0.3 is 5.69 Å². The molecule has 1 aliphatic rings. The van der Waals surface area contributed by atoms with Crippen molar-refractivity contribution in [2.45, 2.75) is 36.7 Å². The number of aryl methyl sites for hydroxylation is 1. The quantitative estimate of drug-likeness (QED) is 0.497. The topological polar surface area (TPSA) is 122 Å². The fraction of sp³-hybridized carbons (Fsp3) is 0.409. The van der Waals surface area contributed by atoms with Gasteiger partial charge in [0, 0.05) is 24.3 Å². The van der Waals surface area contributed by atoms with Crippen molar-refractivity contribution in [3.8, 4) is 11.8 Å². The van der Waals surface area contributed by atoms with Crippen LogP contribution in [0.2, 0.25) is 0 Å². The molecule has 0 radical (unpaired) electrons. The number of aromatic amines is 1. The molecule has 0 amide bonds. The number of benzene rings is 1. The van der Waals surface area contributed by atoms with Gasteiger partial charge in [0.05, 0.1) is 40.6 Å². The molecule has 1 aliphatic carbocycles. The van der Waals surface area contributed by atoms with Gasteiger partial charge in [-0.15, -0.1) is 0 Å². The SMILES string of the molecule is CN(C)CC#Cc1cc(S(=O)(=O)NC2(C)CC2)cc2c(=O)n(Cc3cnn(C)c3)c(=O)[nH]c12. The third kappa shape index (κ3) is 4.93. The van der Waals surface area contributed by atoms with Crippen LogP contribution in [0.25, 0.3) is 10.9 Å². The van der Waals surface area contributed by atoms with Gasteiger partial charge in [-0.2, -0.15) is 5.10 Å². The van der Waals surface area contributed by atoms with E-state index >= 15 is 0 Å². The Labute approximate surface area is 191 Å². The maximum atomic E-state index is 13.3. The zero-order valence-corrected chi connectivity index (χ0v) is 19.8. The number of hydrogen-bond donors (Lipinski definition) is 2. The summed E-state index contributed by atoms with van der Waals surface area (Å²) in [6, 6.07) is 2.71. The first-order valence-corrected chi connectivity index (χ1v) is 11.9. The van der Waals surface area contributed by atoms with Gasteiger partial charge in [0.2, 0.25) is 10.0 Å². The van der Waals surface area contributed by atoms with E-state index in [2.05, 4.69) is 26.6 Å². The highest BCUT2D eigenvalue weighted by Crippen LogP contribution is 2.36. The largest absolute Gasteiger partial charge is 0.329 e. The number of fused-ring (bicyclic) bond motifs is 1. The lowest BCUT2D eigenvalue weighted by atomic mass is 10.1. The van der Waals surface area contributed by atoms with Crippen LogP contribution in [0.3, 0.4) is 0 Å². The molecule has 0 unspecified atom stereocenters. The molecule has 2 heterocycles. The first-order valence-electron chi connectivity index (χ1n) is 10.4. The zero-order valence-electron chi connectivity index (χ0n) is 19.0. The van der Waals surface area contributed by atoms with E-state index in [4.69, 9.17) is 0 Å². The molecule has 2 N–H and O–H groups in total. The summed E-state index contributed by atoms with van der Waals surface area (Å²) >= 11 is 0. The number of nitrogens with zero attached hydrogens (tertiary/aromatic N) is 4. The van der Waals surface area contributed by atoms with E-state index in [0.717, 1.165) is 17.4 Å². The Bertz CT molecular complexity index is 1510. The third-order valence-electron chi connectivity index (χ3n) is 5.47. The first kappa shape index (κ1) is 23.0. The van der Waals surface area contributed by atoms with Crippen LogP contribution in [0.15, 0.2) is 39.0 Å². The molecule has 0 saturated heterocycles. The van der Waals surface area contributed by atoms with Gasteiger partial charge in [0.15, 0.2) is 0 Å². The molecule has 10 nitrogen and oxygen atoms in total. The molecule has 3 aromatic rings. The molecule has 0 atom stereocenters. The van der Waals surface area contributed by atoms with Crippen molar-refractivity contribution in [2.24, 2.45) is 7.05 Å². The number of hydrogen-bond acceptors (Lipinski definition) is 6. The number of H-pyrrole nitrogens is 1. The minimum absolute atomic E-state index is 0.00683. The van der Waals surface area contributed by atoms with Crippen LogP contribution in [0, 0.1) is 11.8 Å². The average Bonchev–Trinajstić information content (AvgIpc) is 3.29. The van der Waals surface area contributed by atoms with E-state index in [-0.39, 0.29) is 27.9 Å². The third-order valence-corrected chi connectivity index (χ3v) is 7.09. The van der Waals surface area contributed by atoms with Crippen LogP contribution in [0.1, 0.15) is 30.9 Å². The van der Waals surface area contributed by atoms with E-state index in [0.29, 0.717) is 12.1 Å². The normalized spacial score (nSPS) is 14.9. The van der Waals surface area contributed by atoms with E-state index in [1.807, 2.05) is 25.9 Å². The Morgan fingerprint density at radius 3 is 2.61 bits per heavy atom. The van der Waals surface area contributed by atoms with Crippen molar-refractivity contribution >= 4 is 20.9 Å². The monoisotopic (exact) mass is 470 g/mol. The molecule has 1 saturated carbocycles. The van der Waals surface area contributed by atoms with Crippen LogP contribution >= 0.6 is 0 Å². The Balaban J connectivity index is 1.91. The lowest BCUT2D eigenvalue weighted by Gasteiger charge is -2.14. The second kappa shape index (κ2) is 8.30. The van der Waals surface area contributed by atoms with Crippen molar-refractivity contribution in [1.82, 2.24) is 29.0 Å². The Morgan fingerprint density at radius 1 is 1.27 bits per heavy atom. The van der Waals surface area contributed by atoms with Gasteiger partial charge in [0.1, 0.15) is 0 Å². The van der Waals surface area contributed by atoms with Crippen molar-refractivity contribution in [3.63, 3.8) is 0 Å². The lowest BCUT2D eigenvalue weighted by Crippen LogP contribution is -2.36. The second-order valence-electron chi connectivity index (χ2n) is 8.94. The second-order valence-corrected chi connectivity index (χ2v) is 10.6. The van der Waals surface area contributed by atoms with E-state index in [1.165, 1.54) is 12.1 Å². The molecule has 33 heavy (non-hydrogen) atoms. The minimum atomic E-state index is -3.89. The summed E-state index contributed by atoms with van der Waals surface area (Å²) in [6.07, 6.45) is 4.77. The smallest absolute Gasteiger partial charge is 0.305 e. The van der Waals surface area contributed by atoms with Crippen molar-refractivity contribution in [1.29, 1.82) is 0 Å². The first-order chi connectivity index (χ1) is 15.5. The van der Waals surface area contributed by atoms with Gasteiger partial charge in [-0.25, -0.2) is 17.9 Å². The highest BCUT2D eigenvalue weighted by Gasteiger charge is 2.41. The predicted octanol–water partition coefficient (Wildman–Crippen LogP) is 0.216. The highest BCUT2D eigenvalue weighted by atomic mass is 32.2. The molecular formula is C22H26N6O4S. The number of sulfonamides is 1. The molecule has 0 spiro atoms. The van der Waals surface area contributed by atoms with Crippen LogP contribution in [-0.2, 0) is 23.6 Å². The van der Waals surface area contributed by atoms with E-state index in [9.17, 15) is 18.0 Å². The van der Waals surface area contributed by atoms with Gasteiger partial charge in [-0.3, -0.25) is 18.9 Å². The van der Waals surface area contributed by atoms with Gasteiger partial charge < -0.3 is 4.98 Å². The molecule has 1 fully saturated rings. The number of nitrogens with one attached hydrogen (secondary N) is 2. The maximum absolute atomic E-state index is 13.3. The Hall–Kier alpha value is -3.20. The Kier molecular flexibility index (Phi) is 5.78. The summed E-state index contributed by atoms with van der Waals surface area (Å²) in [6.45, 7) is 2.27. The molecular weight excluding hydrogens is 444 g/mol. The molecule has 0 aliphatic heterocycles. The Morgan fingerprint density at radius 2 is 2.00 bits per heavy atom. The molecule has 2 aromatic heterocycles. The summed E-state index contributed by atoms with van der Waals surface area (Å²) < 4.78 is 31.4. The summed E-state index contributed by atoms with van der Waals surface area (Å²) in [5, 5.41) is 4.14. The van der Waals surface area contributed by atoms with E-state index < -0.39 is 26.8 Å². The number of rotatable bonds is 6. The fourth-order valence-corrected chi connectivity index (χ4v) is 4.95. The van der Waals surface area contributed by atoms with Gasteiger partial charge in [0.25, 0.3) is 5.56 Å². The maximum Gasteiger partial charge on any atom is 0.329 e. The fourth-order valence-electron chi connectivity index (χ4n) is 3.43. The van der Waals surface area contributed by atoms with Gasteiger partial charge in [-0.05, 0) is 46.0 Å². The van der Waals surface area contributed by atoms with Crippen LogP contribution in [-0.4, -0.2) is 58.8 Å². The lowest BCUT2D eigenvalue weighted by molar-refractivity contribution is 0.464. The summed E-state index contributed by atoms with van der Waals surface area (Å²) in [5.41, 5.74) is -0.513. The molecule has 174 valence electrons. The van der Waals surface area contributed by atoms with Crippen molar-refractivity contribution in [3.05, 3.63) is 56.5 Å². The average molecular weight is 471 g/mol. The summed E-state index contributed by atoms with van der Waals surface area (Å²) in [4.78, 5) is 30.6. The van der Waals surface area contributed by atoms with Crippen molar-refractivity contribution in [2.75, 3.05) is 20.6 Å². The molecule has 4 rings (SSSR count). The van der Waals surface area contributed by atoms with Crippen LogP contribution < -0.4 is 16.0 Å². The van der Waals surface area contributed by atoms with Gasteiger partial charge in [-0.1, -0.05) is 11.8 Å². The van der Waals surface area contributed by atoms with E-state index in [1.54, 1.807) is 24.1 Å². The zero-order chi connectivity index (χ0) is 24.0. The number of aromatic nitrogens is 4. The van der Waals surface area contributed by atoms with Crippen LogP contribution in [0.5, 0.6) is 0 Å². The van der Waals surface area contributed by atoms with Crippen molar-refractivity contribution < 1.29 is 8.42 Å². The highest BCUT2D eigenvalue weighted by molar-refractivity contribution is 7.89. The molecule has 0 bridgehead atoms. The molecule has 11 heteroatoms. The minimum Gasteiger partial charge on any atom is -0.305 e. The standard InChI is InChI=1S/C22H26N6O4S/c1-22(7-8-22)25-33(31,32)17-10-16(6-5-9-26(2)3)19-18(11-17)20(29)28(21(30)24-19)14-15-12-23-27(4)13-15/h10-13,25H,7-9,14H2,1-4H3,(H,24,30). The predicted molar refractivity (Wildman–Crippen MR) is 125 cm³/mol. The molecule has 1 aromatic carbocycles.